The topological polar surface area (TPSA) is 64.6 Å². The summed E-state index contributed by atoms with van der Waals surface area (Å²) in [5.74, 6) is -0.669. The molecule has 2 unspecified atom stereocenters. The number of carbonyl (C=O) groups is 2. The highest BCUT2D eigenvalue weighted by Crippen LogP contribution is 2.45. The van der Waals surface area contributed by atoms with Gasteiger partial charge in [0.2, 0.25) is 0 Å². The minimum atomic E-state index is -0.588. The van der Waals surface area contributed by atoms with Gasteiger partial charge in [-0.25, -0.2) is 9.18 Å². The number of carbonyl (C=O) groups excluding carboxylic acids is 2. The Balaban J connectivity index is 1.76. The largest absolute Gasteiger partial charge is 0.497 e. The summed E-state index contributed by atoms with van der Waals surface area (Å²) in [7, 11) is 1.62. The number of hydrogen-bond acceptors (Lipinski definition) is 5. The van der Waals surface area contributed by atoms with Crippen molar-refractivity contribution in [2.24, 2.45) is 0 Å². The molecule has 5 nitrogen and oxygen atoms in total. The number of dihydropyridines is 1. The highest BCUT2D eigenvalue weighted by atomic mass is 19.1. The van der Waals surface area contributed by atoms with Gasteiger partial charge in [-0.1, -0.05) is 24.3 Å². The van der Waals surface area contributed by atoms with Crippen LogP contribution in [0.15, 0.2) is 71.1 Å². The van der Waals surface area contributed by atoms with E-state index < -0.39 is 11.9 Å². The van der Waals surface area contributed by atoms with E-state index in [0.717, 1.165) is 17.0 Å². The number of halogens is 1. The van der Waals surface area contributed by atoms with E-state index in [-0.39, 0.29) is 24.1 Å². The summed E-state index contributed by atoms with van der Waals surface area (Å²) < 4.78 is 24.1. The fourth-order valence-electron chi connectivity index (χ4n) is 4.62. The average Bonchev–Trinajstić information content (AvgIpc) is 2.78. The monoisotopic (exact) mass is 435 g/mol. The summed E-state index contributed by atoms with van der Waals surface area (Å²) >= 11 is 0. The van der Waals surface area contributed by atoms with Crippen LogP contribution in [0.3, 0.4) is 0 Å². The normalized spacial score (nSPS) is 20.6. The Morgan fingerprint density at radius 1 is 1.06 bits per heavy atom. The first-order valence-corrected chi connectivity index (χ1v) is 10.7. The van der Waals surface area contributed by atoms with Crippen LogP contribution >= 0.6 is 0 Å². The quantitative estimate of drug-likeness (QED) is 0.686. The lowest BCUT2D eigenvalue weighted by molar-refractivity contribution is -0.138. The lowest BCUT2D eigenvalue weighted by Gasteiger charge is -2.36. The van der Waals surface area contributed by atoms with Crippen LogP contribution in [0.5, 0.6) is 5.75 Å². The number of ether oxygens (including phenoxy) is 2. The molecule has 4 rings (SSSR count). The van der Waals surface area contributed by atoms with Crippen LogP contribution < -0.4 is 10.1 Å². The Morgan fingerprint density at radius 2 is 1.72 bits per heavy atom. The van der Waals surface area contributed by atoms with E-state index >= 15 is 0 Å². The van der Waals surface area contributed by atoms with Crippen LogP contribution in [0.4, 0.5) is 4.39 Å². The third-order valence-corrected chi connectivity index (χ3v) is 6.11. The number of allylic oxidation sites excluding steroid dienone is 3. The van der Waals surface area contributed by atoms with Crippen LogP contribution in [0.25, 0.3) is 0 Å². The van der Waals surface area contributed by atoms with Crippen molar-refractivity contribution in [3.05, 3.63) is 88.0 Å². The van der Waals surface area contributed by atoms with Crippen LogP contribution in [0.2, 0.25) is 0 Å². The Hall–Kier alpha value is -3.41. The fourth-order valence-corrected chi connectivity index (χ4v) is 4.62. The predicted octanol–water partition coefficient (Wildman–Crippen LogP) is 4.76. The first-order chi connectivity index (χ1) is 15.4. The number of nitrogens with one attached hydrogen (secondary N) is 1. The first-order valence-electron chi connectivity index (χ1n) is 10.7. The van der Waals surface area contributed by atoms with E-state index in [1.165, 1.54) is 12.1 Å². The number of Topliss-reactive ketones (excluding diaryl/α,β-unsaturated/α-hetero) is 1. The molecule has 166 valence electrons. The summed E-state index contributed by atoms with van der Waals surface area (Å²) in [6.45, 7) is 3.78. The van der Waals surface area contributed by atoms with Gasteiger partial charge in [-0.05, 0) is 61.6 Å². The Labute approximate surface area is 186 Å². The van der Waals surface area contributed by atoms with Crippen molar-refractivity contribution in [3.8, 4) is 5.75 Å². The molecule has 0 fully saturated rings. The Kier molecular flexibility index (Phi) is 6.12. The van der Waals surface area contributed by atoms with Gasteiger partial charge in [-0.3, -0.25) is 4.79 Å². The minimum absolute atomic E-state index is 0.0190. The zero-order valence-electron chi connectivity index (χ0n) is 18.4. The van der Waals surface area contributed by atoms with Crippen molar-refractivity contribution >= 4 is 11.8 Å². The number of esters is 1. The zero-order chi connectivity index (χ0) is 22.8. The molecule has 32 heavy (non-hydrogen) atoms. The zero-order valence-corrected chi connectivity index (χ0v) is 18.4. The molecule has 1 heterocycles. The van der Waals surface area contributed by atoms with Crippen molar-refractivity contribution in [2.45, 2.75) is 38.5 Å². The molecule has 1 N–H and O–H groups in total. The lowest BCUT2D eigenvalue weighted by Crippen LogP contribution is -2.36. The van der Waals surface area contributed by atoms with E-state index in [2.05, 4.69) is 5.32 Å². The summed E-state index contributed by atoms with van der Waals surface area (Å²) in [5.41, 5.74) is 4.17. The molecule has 0 spiro atoms. The van der Waals surface area contributed by atoms with E-state index in [0.29, 0.717) is 35.2 Å². The molecule has 2 aromatic rings. The molecular weight excluding hydrogens is 409 g/mol. The number of methoxy groups -OCH3 is 1. The van der Waals surface area contributed by atoms with Crippen molar-refractivity contribution < 1.29 is 23.5 Å². The van der Waals surface area contributed by atoms with Crippen molar-refractivity contribution in [3.63, 3.8) is 0 Å². The van der Waals surface area contributed by atoms with Gasteiger partial charge >= 0.3 is 5.97 Å². The summed E-state index contributed by atoms with van der Waals surface area (Å²) in [5, 5.41) is 3.31. The molecular formula is C26H26FNO4. The van der Waals surface area contributed by atoms with Crippen LogP contribution in [0.1, 0.15) is 49.7 Å². The molecule has 0 saturated heterocycles. The maximum absolute atomic E-state index is 13.6. The smallest absolute Gasteiger partial charge is 0.336 e. The summed E-state index contributed by atoms with van der Waals surface area (Å²) in [6, 6.07) is 13.7. The summed E-state index contributed by atoms with van der Waals surface area (Å²) in [4.78, 5) is 26.3. The molecule has 2 atom stereocenters. The van der Waals surface area contributed by atoms with E-state index in [1.54, 1.807) is 26.2 Å². The molecule has 0 bridgehead atoms. The molecule has 6 heteroatoms. The Morgan fingerprint density at radius 3 is 2.34 bits per heavy atom. The van der Waals surface area contributed by atoms with Gasteiger partial charge in [0, 0.05) is 29.3 Å². The molecule has 2 aliphatic rings. The molecule has 0 radical (unpaired) electrons. The number of rotatable bonds is 5. The summed E-state index contributed by atoms with van der Waals surface area (Å²) in [6.07, 6.45) is 0.970. The second-order valence-corrected chi connectivity index (χ2v) is 8.06. The molecule has 0 saturated carbocycles. The minimum Gasteiger partial charge on any atom is -0.497 e. The predicted molar refractivity (Wildman–Crippen MR) is 119 cm³/mol. The van der Waals surface area contributed by atoms with Gasteiger partial charge in [0.05, 0.1) is 19.3 Å². The molecule has 0 amide bonds. The SMILES string of the molecule is CCOC(=O)C1=C(C)NC2=C(C(=O)CC(c3ccc(OC)cc3)C2)C1c1ccc(F)cc1. The highest BCUT2D eigenvalue weighted by molar-refractivity contribution is 6.04. The molecule has 1 aliphatic heterocycles. The maximum Gasteiger partial charge on any atom is 0.336 e. The molecule has 0 aromatic heterocycles. The van der Waals surface area contributed by atoms with E-state index in [4.69, 9.17) is 9.47 Å². The highest BCUT2D eigenvalue weighted by Gasteiger charge is 2.41. The maximum atomic E-state index is 13.6. The number of hydrogen-bond donors (Lipinski definition) is 1. The van der Waals surface area contributed by atoms with Crippen molar-refractivity contribution in [2.75, 3.05) is 13.7 Å². The average molecular weight is 435 g/mol. The van der Waals surface area contributed by atoms with E-state index in [1.807, 2.05) is 31.2 Å². The van der Waals surface area contributed by atoms with Gasteiger partial charge in [0.1, 0.15) is 11.6 Å². The van der Waals surface area contributed by atoms with Crippen LogP contribution in [-0.2, 0) is 14.3 Å². The third kappa shape index (κ3) is 4.05. The van der Waals surface area contributed by atoms with E-state index in [9.17, 15) is 14.0 Å². The Bertz CT molecular complexity index is 1100. The first kappa shape index (κ1) is 21.8. The second kappa shape index (κ2) is 8.99. The standard InChI is InChI=1S/C26H26FNO4/c1-4-32-26(30)23-15(2)28-21-13-18(16-7-11-20(31-3)12-8-16)14-22(29)25(21)24(23)17-5-9-19(27)10-6-17/h5-12,18,24,28H,4,13-14H2,1-3H3. The van der Waals surface area contributed by atoms with Gasteiger partial charge in [0.25, 0.3) is 0 Å². The van der Waals surface area contributed by atoms with Gasteiger partial charge < -0.3 is 14.8 Å². The molecule has 1 aliphatic carbocycles. The third-order valence-electron chi connectivity index (χ3n) is 6.11. The second-order valence-electron chi connectivity index (χ2n) is 8.06. The van der Waals surface area contributed by atoms with Crippen molar-refractivity contribution in [1.82, 2.24) is 5.32 Å². The van der Waals surface area contributed by atoms with Gasteiger partial charge in [-0.2, -0.15) is 0 Å². The number of ketones is 1. The number of benzene rings is 2. The fraction of sp³-hybridized carbons (Fsp3) is 0.308. The van der Waals surface area contributed by atoms with Crippen LogP contribution in [-0.4, -0.2) is 25.5 Å². The lowest BCUT2D eigenvalue weighted by atomic mass is 9.72. The van der Waals surface area contributed by atoms with Gasteiger partial charge in [0.15, 0.2) is 5.78 Å². The molecule has 2 aromatic carbocycles. The van der Waals surface area contributed by atoms with Crippen molar-refractivity contribution in [1.29, 1.82) is 0 Å². The van der Waals surface area contributed by atoms with Crippen LogP contribution in [0, 0.1) is 5.82 Å². The van der Waals surface area contributed by atoms with Gasteiger partial charge in [-0.15, -0.1) is 0 Å².